The Labute approximate surface area is 162 Å². The van der Waals surface area contributed by atoms with Crippen molar-refractivity contribution in [2.24, 2.45) is 5.73 Å². The average molecular weight is 386 g/mol. The first-order chi connectivity index (χ1) is 13.0. The number of rotatable bonds is 6. The third kappa shape index (κ3) is 4.95. The molecule has 1 fully saturated rings. The van der Waals surface area contributed by atoms with Gasteiger partial charge in [0.25, 0.3) is 5.69 Å². The van der Waals surface area contributed by atoms with E-state index in [1.165, 1.54) is 17.8 Å². The van der Waals surface area contributed by atoms with Crippen LogP contribution in [0.2, 0.25) is 0 Å². The number of piperazine rings is 1. The fraction of sp³-hybridized carbons (Fsp3) is 0.333. The van der Waals surface area contributed by atoms with E-state index in [1.807, 2.05) is 23.1 Å². The van der Waals surface area contributed by atoms with Crippen molar-refractivity contribution < 1.29 is 4.92 Å². The van der Waals surface area contributed by atoms with Gasteiger partial charge in [-0.15, -0.1) is 11.8 Å². The lowest BCUT2D eigenvalue weighted by Crippen LogP contribution is -2.50. The van der Waals surface area contributed by atoms with Gasteiger partial charge in [0.15, 0.2) is 5.96 Å². The minimum absolute atomic E-state index is 0.122. The van der Waals surface area contributed by atoms with Crippen LogP contribution in [0.3, 0.4) is 0 Å². The third-order valence-corrected chi connectivity index (χ3v) is 5.61. The zero-order valence-electron chi connectivity index (χ0n) is 14.9. The minimum atomic E-state index is -0.344. The van der Waals surface area contributed by atoms with Gasteiger partial charge in [0.1, 0.15) is 5.03 Å². The molecule has 0 amide bonds. The van der Waals surface area contributed by atoms with Gasteiger partial charge in [0.05, 0.1) is 4.92 Å². The Kier molecular flexibility index (Phi) is 6.25. The van der Waals surface area contributed by atoms with Crippen LogP contribution in [0.15, 0.2) is 47.6 Å². The molecule has 3 N–H and O–H groups in total. The zero-order chi connectivity index (χ0) is 19.2. The first-order valence-electron chi connectivity index (χ1n) is 8.65. The summed E-state index contributed by atoms with van der Waals surface area (Å²) in [6.45, 7) is 3.92. The smallest absolute Gasteiger partial charge is 0.273 e. The third-order valence-electron chi connectivity index (χ3n) is 4.51. The molecule has 0 unspecified atom stereocenters. The number of nitro benzene ring substituents is 1. The van der Waals surface area contributed by atoms with Gasteiger partial charge < -0.3 is 10.6 Å². The standard InChI is InChI=1S/C18H22N6O2S/c19-18(20)23-10-8-22(9-11-23)12-14-5-3-7-21-17(14)27-13-15-4-1-2-6-16(15)24(25)26/h1-7H,8-13H2,(H3,19,20). The molecule has 1 aliphatic rings. The maximum atomic E-state index is 11.2. The lowest BCUT2D eigenvalue weighted by atomic mass is 10.2. The maximum Gasteiger partial charge on any atom is 0.273 e. The molecule has 1 aromatic carbocycles. The zero-order valence-corrected chi connectivity index (χ0v) is 15.7. The van der Waals surface area contributed by atoms with E-state index in [0.29, 0.717) is 11.3 Å². The molecular formula is C18H22N6O2S. The van der Waals surface area contributed by atoms with Crippen molar-refractivity contribution in [2.45, 2.75) is 17.3 Å². The number of aromatic nitrogens is 1. The minimum Gasteiger partial charge on any atom is -0.370 e. The molecule has 0 aliphatic carbocycles. The highest BCUT2D eigenvalue weighted by molar-refractivity contribution is 7.98. The molecule has 2 aromatic rings. The Morgan fingerprint density at radius 3 is 2.59 bits per heavy atom. The number of para-hydroxylation sites is 1. The summed E-state index contributed by atoms with van der Waals surface area (Å²) in [6, 6.07) is 10.8. The molecule has 3 rings (SSSR count). The maximum absolute atomic E-state index is 11.2. The lowest BCUT2D eigenvalue weighted by molar-refractivity contribution is -0.385. The summed E-state index contributed by atoms with van der Waals surface area (Å²) in [5.74, 6) is 0.621. The average Bonchev–Trinajstić information content (AvgIpc) is 2.68. The Bertz CT molecular complexity index is 823. The topological polar surface area (TPSA) is 112 Å². The monoisotopic (exact) mass is 386 g/mol. The Balaban J connectivity index is 1.65. The second-order valence-electron chi connectivity index (χ2n) is 6.29. The Morgan fingerprint density at radius 2 is 1.89 bits per heavy atom. The van der Waals surface area contributed by atoms with Gasteiger partial charge in [-0.05, 0) is 11.6 Å². The van der Waals surface area contributed by atoms with Crippen molar-refractivity contribution in [3.05, 3.63) is 63.8 Å². The number of benzene rings is 1. The van der Waals surface area contributed by atoms with Crippen LogP contribution >= 0.6 is 11.8 Å². The van der Waals surface area contributed by atoms with E-state index in [4.69, 9.17) is 11.1 Å². The highest BCUT2D eigenvalue weighted by atomic mass is 32.2. The first kappa shape index (κ1) is 19.1. The Hall–Kier alpha value is -2.65. The second kappa shape index (κ2) is 8.83. The van der Waals surface area contributed by atoms with Crippen molar-refractivity contribution in [3.63, 3.8) is 0 Å². The van der Waals surface area contributed by atoms with Crippen LogP contribution in [0.4, 0.5) is 5.69 Å². The molecule has 0 bridgehead atoms. The van der Waals surface area contributed by atoms with E-state index in [0.717, 1.165) is 43.3 Å². The fourth-order valence-electron chi connectivity index (χ4n) is 3.02. The molecule has 1 aromatic heterocycles. The normalized spacial score (nSPS) is 14.9. The predicted molar refractivity (Wildman–Crippen MR) is 106 cm³/mol. The molecule has 1 aliphatic heterocycles. The summed E-state index contributed by atoms with van der Waals surface area (Å²) in [5.41, 5.74) is 7.49. The van der Waals surface area contributed by atoms with Gasteiger partial charge >= 0.3 is 0 Å². The number of nitrogens with one attached hydrogen (secondary N) is 1. The van der Waals surface area contributed by atoms with Crippen LogP contribution in [0.5, 0.6) is 0 Å². The molecule has 0 radical (unpaired) electrons. The van der Waals surface area contributed by atoms with E-state index in [1.54, 1.807) is 18.3 Å². The summed E-state index contributed by atoms with van der Waals surface area (Å²) in [6.07, 6.45) is 1.75. The molecule has 2 heterocycles. The van der Waals surface area contributed by atoms with Gasteiger partial charge in [0.2, 0.25) is 0 Å². The number of guanidine groups is 1. The van der Waals surface area contributed by atoms with Crippen LogP contribution in [-0.2, 0) is 12.3 Å². The predicted octanol–water partition coefficient (Wildman–Crippen LogP) is 2.29. The summed E-state index contributed by atoms with van der Waals surface area (Å²) >= 11 is 1.52. The number of nitrogens with zero attached hydrogens (tertiary/aromatic N) is 4. The molecular weight excluding hydrogens is 364 g/mol. The van der Waals surface area contributed by atoms with Crippen LogP contribution < -0.4 is 5.73 Å². The number of hydrogen-bond donors (Lipinski definition) is 2. The van der Waals surface area contributed by atoms with Crippen molar-refractivity contribution in [1.29, 1.82) is 5.41 Å². The van der Waals surface area contributed by atoms with Crippen LogP contribution in [0.25, 0.3) is 0 Å². The quantitative estimate of drug-likeness (QED) is 0.257. The van der Waals surface area contributed by atoms with Crippen molar-refractivity contribution in [2.75, 3.05) is 26.2 Å². The van der Waals surface area contributed by atoms with E-state index < -0.39 is 0 Å². The van der Waals surface area contributed by atoms with Gasteiger partial charge in [0, 0.05) is 56.3 Å². The molecule has 142 valence electrons. The largest absolute Gasteiger partial charge is 0.370 e. The number of nitro groups is 1. The second-order valence-corrected chi connectivity index (χ2v) is 7.25. The van der Waals surface area contributed by atoms with Gasteiger partial charge in [-0.25, -0.2) is 4.98 Å². The highest BCUT2D eigenvalue weighted by Gasteiger charge is 2.19. The number of thioether (sulfide) groups is 1. The number of pyridine rings is 1. The highest BCUT2D eigenvalue weighted by Crippen LogP contribution is 2.29. The van der Waals surface area contributed by atoms with E-state index in [9.17, 15) is 10.1 Å². The molecule has 0 spiro atoms. The number of nitrogens with two attached hydrogens (primary N) is 1. The van der Waals surface area contributed by atoms with Crippen molar-refractivity contribution in [1.82, 2.24) is 14.8 Å². The lowest BCUT2D eigenvalue weighted by Gasteiger charge is -2.35. The van der Waals surface area contributed by atoms with Crippen LogP contribution in [0, 0.1) is 15.5 Å². The van der Waals surface area contributed by atoms with E-state index in [2.05, 4.69) is 9.88 Å². The first-order valence-corrected chi connectivity index (χ1v) is 9.63. The van der Waals surface area contributed by atoms with E-state index >= 15 is 0 Å². The van der Waals surface area contributed by atoms with Crippen LogP contribution in [-0.4, -0.2) is 51.8 Å². The Morgan fingerprint density at radius 1 is 1.19 bits per heavy atom. The summed E-state index contributed by atoms with van der Waals surface area (Å²) in [7, 11) is 0. The van der Waals surface area contributed by atoms with Crippen molar-refractivity contribution >= 4 is 23.4 Å². The number of hydrogen-bond acceptors (Lipinski definition) is 6. The molecule has 0 saturated carbocycles. The summed E-state index contributed by atoms with van der Waals surface area (Å²) < 4.78 is 0. The van der Waals surface area contributed by atoms with Crippen LogP contribution in [0.1, 0.15) is 11.1 Å². The van der Waals surface area contributed by atoms with Crippen molar-refractivity contribution in [3.8, 4) is 0 Å². The fourth-order valence-corrected chi connectivity index (χ4v) is 4.01. The molecule has 27 heavy (non-hydrogen) atoms. The van der Waals surface area contributed by atoms with E-state index in [-0.39, 0.29) is 16.6 Å². The summed E-state index contributed by atoms with van der Waals surface area (Å²) in [5, 5.41) is 19.6. The molecule has 0 atom stereocenters. The SMILES string of the molecule is N=C(N)N1CCN(Cc2cccnc2SCc2ccccc2[N+](=O)[O-])CC1. The molecule has 8 nitrogen and oxygen atoms in total. The molecule has 1 saturated heterocycles. The van der Waals surface area contributed by atoms with Gasteiger partial charge in [-0.2, -0.15) is 0 Å². The molecule has 9 heteroatoms. The summed E-state index contributed by atoms with van der Waals surface area (Å²) in [4.78, 5) is 19.5. The van der Waals surface area contributed by atoms with Gasteiger partial charge in [-0.3, -0.25) is 20.4 Å². The van der Waals surface area contributed by atoms with Gasteiger partial charge in [-0.1, -0.05) is 24.3 Å².